The monoisotopic (exact) mass is 505 g/mol. The minimum absolute atomic E-state index is 0.0593. The molecule has 4 unspecified atom stereocenters. The summed E-state index contributed by atoms with van der Waals surface area (Å²) in [5.41, 5.74) is -1.58. The minimum atomic E-state index is -0.961. The molecule has 12 nitrogen and oxygen atoms in total. The fourth-order valence-corrected chi connectivity index (χ4v) is 3.67. The van der Waals surface area contributed by atoms with Crippen molar-refractivity contribution in [3.63, 3.8) is 0 Å². The summed E-state index contributed by atoms with van der Waals surface area (Å²) < 4.78 is 17.2. The number of esters is 1. The van der Waals surface area contributed by atoms with Gasteiger partial charge in [-0.25, -0.2) is 9.59 Å². The van der Waals surface area contributed by atoms with E-state index in [1.165, 1.54) is 18.3 Å². The molecule has 0 saturated carbocycles. The van der Waals surface area contributed by atoms with E-state index in [9.17, 15) is 29.4 Å². The van der Waals surface area contributed by atoms with Gasteiger partial charge in [0.25, 0.3) is 5.56 Å². The Kier molecular flexibility index (Phi) is 8.33. The third kappa shape index (κ3) is 7.03. The van der Waals surface area contributed by atoms with E-state index in [2.05, 4.69) is 10.3 Å². The van der Waals surface area contributed by atoms with Crippen molar-refractivity contribution in [3.8, 4) is 16.9 Å². The predicted octanol–water partition coefficient (Wildman–Crippen LogP) is 1.05. The first-order chi connectivity index (χ1) is 16.9. The van der Waals surface area contributed by atoms with Gasteiger partial charge < -0.3 is 29.7 Å². The Hall–Kier alpha value is -3.48. The first-order valence-corrected chi connectivity index (χ1v) is 11.5. The first-order valence-electron chi connectivity index (χ1n) is 11.5. The summed E-state index contributed by atoms with van der Waals surface area (Å²) in [6, 6.07) is 5.62. The molecule has 4 N–H and O–H groups in total. The number of ether oxygens (including phenoxy) is 3. The number of amides is 1. The maximum absolute atomic E-state index is 12.5. The van der Waals surface area contributed by atoms with Gasteiger partial charge in [-0.05, 0) is 45.4 Å². The average molecular weight is 506 g/mol. The number of carbonyl (C=O) groups excluding carboxylic acids is 2. The summed E-state index contributed by atoms with van der Waals surface area (Å²) in [5, 5.41) is 21.8. The third-order valence-electron chi connectivity index (χ3n) is 5.27. The van der Waals surface area contributed by atoms with E-state index in [0.717, 1.165) is 4.57 Å². The standard InChI is InChI=1S/C24H31N3O9/c1-13(25-23(33)36-24(2,3)4)8-20(30)34-15-7-5-6-14(9-15)16-11-27(22(32)26-21(16)31)19-10-17(29)18(12-28)35-19/h5-7,9,11,13,17-19,28-29H,8,10,12H2,1-4H3,(H,25,33)(H,26,31,32). The van der Waals surface area contributed by atoms with E-state index in [4.69, 9.17) is 14.2 Å². The smallest absolute Gasteiger partial charge is 0.407 e. The van der Waals surface area contributed by atoms with Gasteiger partial charge in [0.05, 0.1) is 24.7 Å². The highest BCUT2D eigenvalue weighted by atomic mass is 16.6. The number of nitrogens with zero attached hydrogens (tertiary/aromatic N) is 1. The number of hydrogen-bond donors (Lipinski definition) is 4. The highest BCUT2D eigenvalue weighted by Gasteiger charge is 2.35. The molecule has 0 bridgehead atoms. The molecule has 3 rings (SSSR count). The number of benzene rings is 1. The van der Waals surface area contributed by atoms with Gasteiger partial charge >= 0.3 is 17.8 Å². The van der Waals surface area contributed by atoms with Gasteiger partial charge in [0.2, 0.25) is 0 Å². The number of aromatic amines is 1. The summed E-state index contributed by atoms with van der Waals surface area (Å²) in [5.74, 6) is -0.454. The molecule has 196 valence electrons. The van der Waals surface area contributed by atoms with E-state index in [-0.39, 0.29) is 24.2 Å². The zero-order valence-corrected chi connectivity index (χ0v) is 20.5. The summed E-state index contributed by atoms with van der Waals surface area (Å²) in [6.07, 6.45) is -2.09. The van der Waals surface area contributed by atoms with E-state index in [0.29, 0.717) is 5.56 Å². The summed E-state index contributed by atoms with van der Waals surface area (Å²) in [6.45, 7) is 6.40. The average Bonchev–Trinajstić information content (AvgIpc) is 3.12. The lowest BCUT2D eigenvalue weighted by molar-refractivity contribution is -0.134. The van der Waals surface area contributed by atoms with Crippen molar-refractivity contribution < 1.29 is 34.0 Å². The Bertz CT molecular complexity index is 1210. The molecular weight excluding hydrogens is 474 g/mol. The fourth-order valence-electron chi connectivity index (χ4n) is 3.67. The van der Waals surface area contributed by atoms with E-state index >= 15 is 0 Å². The highest BCUT2D eigenvalue weighted by molar-refractivity contribution is 5.75. The van der Waals surface area contributed by atoms with Gasteiger partial charge in [-0.15, -0.1) is 0 Å². The number of hydrogen-bond acceptors (Lipinski definition) is 9. The van der Waals surface area contributed by atoms with Crippen LogP contribution in [0.25, 0.3) is 11.1 Å². The molecule has 0 spiro atoms. The molecule has 4 atom stereocenters. The fraction of sp³-hybridized carbons (Fsp3) is 0.500. The van der Waals surface area contributed by atoms with Crippen molar-refractivity contribution in [1.29, 1.82) is 0 Å². The third-order valence-corrected chi connectivity index (χ3v) is 5.27. The second kappa shape index (κ2) is 11.1. The molecule has 1 aromatic heterocycles. The molecule has 1 aromatic carbocycles. The maximum Gasteiger partial charge on any atom is 0.407 e. The van der Waals surface area contributed by atoms with Crippen LogP contribution in [0.5, 0.6) is 5.75 Å². The van der Waals surface area contributed by atoms with Crippen LogP contribution in [0.1, 0.15) is 46.8 Å². The quantitative estimate of drug-likeness (QED) is 0.317. The molecule has 36 heavy (non-hydrogen) atoms. The van der Waals surface area contributed by atoms with Crippen molar-refractivity contribution >= 4 is 12.1 Å². The highest BCUT2D eigenvalue weighted by Crippen LogP contribution is 2.28. The van der Waals surface area contributed by atoms with Crippen LogP contribution >= 0.6 is 0 Å². The molecular formula is C24H31N3O9. The molecule has 1 fully saturated rings. The largest absolute Gasteiger partial charge is 0.444 e. The number of nitrogens with one attached hydrogen (secondary N) is 2. The van der Waals surface area contributed by atoms with Crippen LogP contribution in [0, 0.1) is 0 Å². The molecule has 0 aliphatic carbocycles. The Balaban J connectivity index is 1.72. The van der Waals surface area contributed by atoms with E-state index in [1.807, 2.05) is 0 Å². The van der Waals surface area contributed by atoms with Gasteiger partial charge in [0.15, 0.2) is 0 Å². The lowest BCUT2D eigenvalue weighted by Crippen LogP contribution is -2.39. The second-order valence-electron chi connectivity index (χ2n) is 9.58. The van der Waals surface area contributed by atoms with Crippen LogP contribution in [0.4, 0.5) is 4.79 Å². The zero-order valence-electron chi connectivity index (χ0n) is 20.5. The van der Waals surface area contributed by atoms with Gasteiger partial charge in [0.1, 0.15) is 23.7 Å². The van der Waals surface area contributed by atoms with Crippen molar-refractivity contribution in [2.75, 3.05) is 6.61 Å². The molecule has 1 aliphatic heterocycles. The van der Waals surface area contributed by atoms with Crippen molar-refractivity contribution in [2.24, 2.45) is 0 Å². The topological polar surface area (TPSA) is 169 Å². The van der Waals surface area contributed by atoms with Gasteiger partial charge in [0, 0.05) is 18.7 Å². The van der Waals surface area contributed by atoms with E-state index in [1.54, 1.807) is 39.8 Å². The molecule has 2 heterocycles. The lowest BCUT2D eigenvalue weighted by atomic mass is 10.1. The minimum Gasteiger partial charge on any atom is -0.444 e. The van der Waals surface area contributed by atoms with Crippen LogP contribution in [0.2, 0.25) is 0 Å². The van der Waals surface area contributed by atoms with Gasteiger partial charge in [-0.2, -0.15) is 0 Å². The molecule has 1 aliphatic rings. The number of alkyl carbamates (subject to hydrolysis) is 1. The lowest BCUT2D eigenvalue weighted by Gasteiger charge is -2.21. The normalized spacial score (nSPS) is 20.6. The summed E-state index contributed by atoms with van der Waals surface area (Å²) in [7, 11) is 0. The number of carbonyl (C=O) groups is 2. The second-order valence-corrected chi connectivity index (χ2v) is 9.58. The van der Waals surface area contributed by atoms with Gasteiger partial charge in [-0.1, -0.05) is 12.1 Å². The Morgan fingerprint density at radius 3 is 2.67 bits per heavy atom. The Morgan fingerprint density at radius 2 is 2.03 bits per heavy atom. The van der Waals surface area contributed by atoms with Crippen molar-refractivity contribution in [2.45, 2.75) is 70.6 Å². The van der Waals surface area contributed by atoms with Crippen LogP contribution in [0.3, 0.4) is 0 Å². The molecule has 2 aromatic rings. The number of rotatable bonds is 7. The number of aromatic nitrogens is 2. The predicted molar refractivity (Wildman–Crippen MR) is 127 cm³/mol. The first kappa shape index (κ1) is 27.1. The Morgan fingerprint density at radius 1 is 1.31 bits per heavy atom. The maximum atomic E-state index is 12.5. The van der Waals surface area contributed by atoms with Crippen LogP contribution in [-0.4, -0.2) is 62.3 Å². The van der Waals surface area contributed by atoms with Crippen LogP contribution < -0.4 is 21.3 Å². The van der Waals surface area contributed by atoms with Gasteiger partial charge in [-0.3, -0.25) is 19.1 Å². The van der Waals surface area contributed by atoms with Crippen LogP contribution in [-0.2, 0) is 14.3 Å². The van der Waals surface area contributed by atoms with Crippen LogP contribution in [0.15, 0.2) is 40.1 Å². The molecule has 12 heteroatoms. The number of aliphatic hydroxyl groups excluding tert-OH is 2. The molecule has 1 saturated heterocycles. The van der Waals surface area contributed by atoms with Crippen molar-refractivity contribution in [1.82, 2.24) is 14.9 Å². The Labute approximate surface area is 206 Å². The van der Waals surface area contributed by atoms with E-state index < -0.39 is 60.0 Å². The number of H-pyrrole nitrogens is 1. The number of aliphatic hydroxyl groups is 2. The molecule has 1 amide bonds. The SMILES string of the molecule is CC(CC(=O)Oc1cccc(-c2cn(C3CC(O)C(CO)O3)c(=O)[nH]c2=O)c1)NC(=O)OC(C)(C)C. The molecule has 0 radical (unpaired) electrons. The van der Waals surface area contributed by atoms with Crippen molar-refractivity contribution in [3.05, 3.63) is 51.3 Å². The zero-order chi connectivity index (χ0) is 26.6. The summed E-state index contributed by atoms with van der Waals surface area (Å²) in [4.78, 5) is 51.3. The summed E-state index contributed by atoms with van der Waals surface area (Å²) >= 11 is 0.